The number of carbonyl (C=O) groups is 2. The lowest BCUT2D eigenvalue weighted by molar-refractivity contribution is -0.137. The molecule has 96 valence electrons. The molecule has 0 aliphatic heterocycles. The Bertz CT molecular complexity index is 497. The van der Waals surface area contributed by atoms with Crippen LogP contribution in [0.3, 0.4) is 0 Å². The molecule has 18 heavy (non-hydrogen) atoms. The van der Waals surface area contributed by atoms with Gasteiger partial charge in [0.05, 0.1) is 0 Å². The summed E-state index contributed by atoms with van der Waals surface area (Å²) in [6.07, 6.45) is 1.79. The summed E-state index contributed by atoms with van der Waals surface area (Å²) in [5, 5.41) is 8.87. The highest BCUT2D eigenvalue weighted by Crippen LogP contribution is 2.29. The zero-order valence-electron chi connectivity index (χ0n) is 10.0. The molecule has 0 aromatic heterocycles. The second-order valence-corrected chi connectivity index (χ2v) is 5.43. The second kappa shape index (κ2) is 5.10. The maximum atomic E-state index is 12.3. The molecule has 0 heterocycles. The van der Waals surface area contributed by atoms with E-state index < -0.39 is 5.97 Å². The zero-order valence-corrected chi connectivity index (χ0v) is 11.6. The van der Waals surface area contributed by atoms with Gasteiger partial charge < -0.3 is 10.0 Å². The third kappa shape index (κ3) is 2.90. The van der Waals surface area contributed by atoms with Crippen LogP contribution < -0.4 is 0 Å². The van der Waals surface area contributed by atoms with E-state index in [9.17, 15) is 9.59 Å². The lowest BCUT2D eigenvalue weighted by Gasteiger charge is -2.21. The van der Waals surface area contributed by atoms with Gasteiger partial charge in [-0.15, -0.1) is 0 Å². The van der Waals surface area contributed by atoms with Crippen LogP contribution in [0.15, 0.2) is 22.7 Å². The first kappa shape index (κ1) is 13.1. The third-order valence-electron chi connectivity index (χ3n) is 2.97. The molecule has 4 nitrogen and oxygen atoms in total. The Balaban J connectivity index is 2.24. The van der Waals surface area contributed by atoms with E-state index in [0.717, 1.165) is 22.9 Å². The van der Waals surface area contributed by atoms with E-state index in [0.29, 0.717) is 5.56 Å². The van der Waals surface area contributed by atoms with Crippen molar-refractivity contribution in [2.24, 2.45) is 0 Å². The predicted molar refractivity (Wildman–Crippen MR) is 70.6 cm³/mol. The third-order valence-corrected chi connectivity index (χ3v) is 3.47. The van der Waals surface area contributed by atoms with E-state index in [1.54, 1.807) is 12.1 Å². The van der Waals surface area contributed by atoms with E-state index >= 15 is 0 Å². The van der Waals surface area contributed by atoms with Crippen LogP contribution in [-0.2, 0) is 4.79 Å². The minimum Gasteiger partial charge on any atom is -0.480 e. The summed E-state index contributed by atoms with van der Waals surface area (Å²) in [4.78, 5) is 24.6. The molecule has 0 radical (unpaired) electrons. The lowest BCUT2D eigenvalue weighted by atomic mass is 10.1. The van der Waals surface area contributed by atoms with Crippen molar-refractivity contribution in [3.8, 4) is 0 Å². The van der Waals surface area contributed by atoms with Crippen molar-refractivity contribution in [2.45, 2.75) is 25.8 Å². The molecule has 1 saturated carbocycles. The van der Waals surface area contributed by atoms with Crippen LogP contribution in [-0.4, -0.2) is 34.5 Å². The van der Waals surface area contributed by atoms with Gasteiger partial charge in [0.2, 0.25) is 0 Å². The minimum absolute atomic E-state index is 0.0941. The summed E-state index contributed by atoms with van der Waals surface area (Å²) < 4.78 is 0.910. The number of amides is 1. The van der Waals surface area contributed by atoms with Crippen LogP contribution in [0.4, 0.5) is 0 Å². The average molecular weight is 312 g/mol. The Morgan fingerprint density at radius 2 is 2.11 bits per heavy atom. The summed E-state index contributed by atoms with van der Waals surface area (Å²) in [5.41, 5.74) is 1.43. The molecular weight excluding hydrogens is 298 g/mol. The van der Waals surface area contributed by atoms with E-state index in [-0.39, 0.29) is 18.5 Å². The minimum atomic E-state index is -0.968. The predicted octanol–water partition coefficient (Wildman–Crippen LogP) is 2.45. The monoisotopic (exact) mass is 311 g/mol. The fraction of sp³-hybridized carbons (Fsp3) is 0.385. The van der Waals surface area contributed by atoms with E-state index in [2.05, 4.69) is 15.9 Å². The molecule has 0 unspecified atom stereocenters. The van der Waals surface area contributed by atoms with Crippen molar-refractivity contribution in [3.05, 3.63) is 33.8 Å². The molecule has 1 aromatic rings. The van der Waals surface area contributed by atoms with Gasteiger partial charge in [0.1, 0.15) is 6.54 Å². The van der Waals surface area contributed by atoms with Crippen molar-refractivity contribution >= 4 is 27.8 Å². The first-order chi connectivity index (χ1) is 8.49. The number of aliphatic carboxylic acids is 1. The first-order valence-electron chi connectivity index (χ1n) is 5.78. The number of benzene rings is 1. The second-order valence-electron chi connectivity index (χ2n) is 4.52. The van der Waals surface area contributed by atoms with Crippen molar-refractivity contribution < 1.29 is 14.7 Å². The van der Waals surface area contributed by atoms with Gasteiger partial charge in [-0.3, -0.25) is 9.59 Å². The molecule has 0 atom stereocenters. The fourth-order valence-electron chi connectivity index (χ4n) is 1.92. The smallest absolute Gasteiger partial charge is 0.323 e. The van der Waals surface area contributed by atoms with E-state index in [1.807, 2.05) is 13.0 Å². The van der Waals surface area contributed by atoms with Gasteiger partial charge in [-0.05, 0) is 43.5 Å². The first-order valence-corrected chi connectivity index (χ1v) is 6.57. The summed E-state index contributed by atoms with van der Waals surface area (Å²) in [5.74, 6) is -1.16. The molecule has 0 bridgehead atoms. The number of aryl methyl sites for hydroxylation is 1. The van der Waals surface area contributed by atoms with E-state index in [4.69, 9.17) is 5.11 Å². The Hall–Kier alpha value is -1.36. The van der Waals surface area contributed by atoms with Crippen LogP contribution in [0.1, 0.15) is 28.8 Å². The van der Waals surface area contributed by atoms with Crippen LogP contribution in [0.2, 0.25) is 0 Å². The summed E-state index contributed by atoms with van der Waals surface area (Å²) in [6, 6.07) is 5.49. The standard InChI is InChI=1S/C13H14BrNO3/c1-8-6-9(14)2-5-11(8)13(18)15(7-12(16)17)10-3-4-10/h2,5-6,10H,3-4,7H2,1H3,(H,16,17). The molecule has 1 aromatic carbocycles. The maximum Gasteiger partial charge on any atom is 0.323 e. The number of carboxylic acids is 1. The van der Waals surface area contributed by atoms with Crippen LogP contribution in [0.5, 0.6) is 0 Å². The number of rotatable bonds is 4. The number of nitrogens with zero attached hydrogens (tertiary/aromatic N) is 1. The highest BCUT2D eigenvalue weighted by Gasteiger charge is 2.34. The Labute approximate surface area is 114 Å². The quantitative estimate of drug-likeness (QED) is 0.929. The van der Waals surface area contributed by atoms with Gasteiger partial charge in [0.25, 0.3) is 5.91 Å². The van der Waals surface area contributed by atoms with Gasteiger partial charge in [-0.2, -0.15) is 0 Å². The zero-order chi connectivity index (χ0) is 13.3. The van der Waals surface area contributed by atoms with Crippen molar-refractivity contribution in [1.29, 1.82) is 0 Å². The molecule has 1 amide bonds. The summed E-state index contributed by atoms with van der Waals surface area (Å²) >= 11 is 3.34. The van der Waals surface area contributed by atoms with Crippen molar-refractivity contribution in [1.82, 2.24) is 4.90 Å². The molecule has 0 spiro atoms. The number of hydrogen-bond acceptors (Lipinski definition) is 2. The van der Waals surface area contributed by atoms with Crippen molar-refractivity contribution in [2.75, 3.05) is 6.54 Å². The molecule has 1 aliphatic rings. The highest BCUT2D eigenvalue weighted by atomic mass is 79.9. The number of carbonyl (C=O) groups excluding carboxylic acids is 1. The largest absolute Gasteiger partial charge is 0.480 e. The van der Waals surface area contributed by atoms with Crippen LogP contribution in [0.25, 0.3) is 0 Å². The Morgan fingerprint density at radius 3 is 2.61 bits per heavy atom. The van der Waals surface area contributed by atoms with Crippen LogP contribution in [0, 0.1) is 6.92 Å². The van der Waals surface area contributed by atoms with Gasteiger partial charge in [0.15, 0.2) is 0 Å². The summed E-state index contributed by atoms with van der Waals surface area (Å²) in [7, 11) is 0. The molecule has 0 saturated heterocycles. The van der Waals surface area contributed by atoms with Gasteiger partial charge >= 0.3 is 5.97 Å². The normalized spacial score (nSPS) is 14.3. The number of carboxylic acid groups (broad SMARTS) is 1. The number of halogens is 1. The Kier molecular flexibility index (Phi) is 3.71. The SMILES string of the molecule is Cc1cc(Br)ccc1C(=O)N(CC(=O)O)C1CC1. The average Bonchev–Trinajstić information content (AvgIpc) is 3.08. The van der Waals surface area contributed by atoms with Crippen molar-refractivity contribution in [3.63, 3.8) is 0 Å². The molecule has 1 N–H and O–H groups in total. The van der Waals surface area contributed by atoms with Gasteiger partial charge in [0, 0.05) is 16.1 Å². The van der Waals surface area contributed by atoms with Gasteiger partial charge in [-0.25, -0.2) is 0 Å². The summed E-state index contributed by atoms with van der Waals surface area (Å²) in [6.45, 7) is 1.63. The Morgan fingerprint density at radius 1 is 1.44 bits per heavy atom. The molecule has 1 fully saturated rings. The van der Waals surface area contributed by atoms with Crippen LogP contribution >= 0.6 is 15.9 Å². The lowest BCUT2D eigenvalue weighted by Crippen LogP contribution is -2.37. The van der Waals surface area contributed by atoms with Gasteiger partial charge in [-0.1, -0.05) is 15.9 Å². The molecule has 1 aliphatic carbocycles. The molecule has 5 heteroatoms. The maximum absolute atomic E-state index is 12.3. The van der Waals surface area contributed by atoms with E-state index in [1.165, 1.54) is 4.90 Å². The molecular formula is C13H14BrNO3. The molecule has 2 rings (SSSR count). The number of hydrogen-bond donors (Lipinski definition) is 1. The fourth-order valence-corrected chi connectivity index (χ4v) is 2.40. The topological polar surface area (TPSA) is 57.6 Å². The highest BCUT2D eigenvalue weighted by molar-refractivity contribution is 9.10.